The van der Waals surface area contributed by atoms with Gasteiger partial charge < -0.3 is 19.9 Å². The molecule has 3 atom stereocenters. The molecule has 0 aromatic heterocycles. The van der Waals surface area contributed by atoms with E-state index in [1.807, 2.05) is 4.90 Å². The molecule has 6 heteroatoms. The van der Waals surface area contributed by atoms with Crippen molar-refractivity contribution in [1.29, 1.82) is 0 Å². The quantitative estimate of drug-likeness (QED) is 0.912. The third kappa shape index (κ3) is 3.73. The van der Waals surface area contributed by atoms with E-state index in [1.54, 1.807) is 19.1 Å². The summed E-state index contributed by atoms with van der Waals surface area (Å²) in [4.78, 5) is 17.2. The van der Waals surface area contributed by atoms with Gasteiger partial charge in [0.25, 0.3) is 0 Å². The fourth-order valence-corrected chi connectivity index (χ4v) is 4.29. The number of hydrogen-bond donors (Lipinski definition) is 1. The first kappa shape index (κ1) is 18.0. The van der Waals surface area contributed by atoms with Crippen molar-refractivity contribution < 1.29 is 13.9 Å². The molecule has 0 unspecified atom stereocenters. The van der Waals surface area contributed by atoms with E-state index >= 15 is 0 Å². The van der Waals surface area contributed by atoms with E-state index in [-0.39, 0.29) is 11.8 Å². The molecule has 2 fully saturated rings. The molecule has 0 saturated carbocycles. The SMILES string of the molecule is COc1cccc(F)c1[C@H](C)NC(=O)N1CCC[C@H]2CN(C)CC[C@H]21. The molecule has 25 heavy (non-hydrogen) atoms. The van der Waals surface area contributed by atoms with Gasteiger partial charge in [0.2, 0.25) is 0 Å². The van der Waals surface area contributed by atoms with Crippen LogP contribution < -0.4 is 10.1 Å². The smallest absolute Gasteiger partial charge is 0.318 e. The molecule has 2 amide bonds. The number of carbonyl (C=O) groups is 1. The van der Waals surface area contributed by atoms with Gasteiger partial charge in [0.05, 0.1) is 18.7 Å². The lowest BCUT2D eigenvalue weighted by molar-refractivity contribution is 0.0525. The van der Waals surface area contributed by atoms with Gasteiger partial charge in [-0.3, -0.25) is 0 Å². The van der Waals surface area contributed by atoms with E-state index in [4.69, 9.17) is 4.74 Å². The molecule has 0 bridgehead atoms. The van der Waals surface area contributed by atoms with Crippen molar-refractivity contribution in [3.8, 4) is 5.75 Å². The molecule has 0 aliphatic carbocycles. The van der Waals surface area contributed by atoms with Crippen LogP contribution in [0.1, 0.15) is 37.8 Å². The van der Waals surface area contributed by atoms with Gasteiger partial charge in [-0.05, 0) is 57.8 Å². The number of hydrogen-bond acceptors (Lipinski definition) is 3. The molecule has 3 rings (SSSR count). The topological polar surface area (TPSA) is 44.8 Å². The Hall–Kier alpha value is -1.82. The second kappa shape index (κ2) is 7.60. The Morgan fingerprint density at radius 3 is 2.92 bits per heavy atom. The monoisotopic (exact) mass is 349 g/mol. The largest absolute Gasteiger partial charge is 0.496 e. The molecular weight excluding hydrogens is 321 g/mol. The van der Waals surface area contributed by atoms with Crippen molar-refractivity contribution in [3.05, 3.63) is 29.6 Å². The Kier molecular flexibility index (Phi) is 5.47. The van der Waals surface area contributed by atoms with Crippen LogP contribution in [-0.2, 0) is 0 Å². The normalized spacial score (nSPS) is 25.2. The fourth-order valence-electron chi connectivity index (χ4n) is 4.29. The first-order valence-corrected chi connectivity index (χ1v) is 9.09. The minimum atomic E-state index is -0.449. The molecule has 138 valence electrons. The lowest BCUT2D eigenvalue weighted by Gasteiger charge is -2.46. The highest BCUT2D eigenvalue weighted by Gasteiger charge is 2.37. The molecule has 2 aliphatic rings. The number of methoxy groups -OCH3 is 1. The lowest BCUT2D eigenvalue weighted by atomic mass is 9.84. The summed E-state index contributed by atoms with van der Waals surface area (Å²) in [6.45, 7) is 4.64. The molecule has 5 nitrogen and oxygen atoms in total. The van der Waals surface area contributed by atoms with E-state index in [1.165, 1.54) is 19.6 Å². The molecule has 1 aromatic carbocycles. The predicted octanol–water partition coefficient (Wildman–Crippen LogP) is 3.02. The van der Waals surface area contributed by atoms with E-state index in [0.29, 0.717) is 23.3 Å². The summed E-state index contributed by atoms with van der Waals surface area (Å²) in [5.41, 5.74) is 0.398. The van der Waals surface area contributed by atoms with E-state index in [2.05, 4.69) is 17.3 Å². The van der Waals surface area contributed by atoms with Crippen LogP contribution in [0.15, 0.2) is 18.2 Å². The summed E-state index contributed by atoms with van der Waals surface area (Å²) in [5, 5.41) is 2.98. The maximum atomic E-state index is 14.2. The predicted molar refractivity (Wildman–Crippen MR) is 95.2 cm³/mol. The number of fused-ring (bicyclic) bond motifs is 1. The lowest BCUT2D eigenvalue weighted by Crippen LogP contribution is -2.57. The van der Waals surface area contributed by atoms with Crippen molar-refractivity contribution in [2.24, 2.45) is 5.92 Å². The van der Waals surface area contributed by atoms with Crippen molar-refractivity contribution in [3.63, 3.8) is 0 Å². The van der Waals surface area contributed by atoms with Gasteiger partial charge in [0, 0.05) is 19.1 Å². The summed E-state index contributed by atoms with van der Waals surface area (Å²) < 4.78 is 19.5. The number of piperidine rings is 2. The molecule has 0 spiro atoms. The van der Waals surface area contributed by atoms with Crippen LogP contribution in [0.3, 0.4) is 0 Å². The van der Waals surface area contributed by atoms with Gasteiger partial charge in [-0.15, -0.1) is 0 Å². The Morgan fingerprint density at radius 2 is 2.16 bits per heavy atom. The van der Waals surface area contributed by atoms with Crippen LogP contribution in [0.5, 0.6) is 5.75 Å². The van der Waals surface area contributed by atoms with Crippen molar-refractivity contribution in [2.45, 2.75) is 38.3 Å². The highest BCUT2D eigenvalue weighted by atomic mass is 19.1. The second-order valence-electron chi connectivity index (χ2n) is 7.24. The number of carbonyl (C=O) groups excluding carboxylic acids is 1. The summed E-state index contributed by atoms with van der Waals surface area (Å²) in [6.07, 6.45) is 3.21. The van der Waals surface area contributed by atoms with Crippen LogP contribution in [0.25, 0.3) is 0 Å². The average Bonchev–Trinajstić information content (AvgIpc) is 2.60. The Labute approximate surface area is 149 Å². The molecular formula is C19H28FN3O2. The van der Waals surface area contributed by atoms with E-state index in [0.717, 1.165) is 32.5 Å². The van der Waals surface area contributed by atoms with Gasteiger partial charge in [-0.1, -0.05) is 6.07 Å². The fraction of sp³-hybridized carbons (Fsp3) is 0.632. The number of likely N-dealkylation sites (tertiary alicyclic amines) is 2. The number of ether oxygens (including phenoxy) is 1. The van der Waals surface area contributed by atoms with Gasteiger partial charge in [0.15, 0.2) is 0 Å². The average molecular weight is 349 g/mol. The standard InChI is InChI=1S/C19H28FN3O2/c1-13(18-15(20)7-4-8-17(18)25-3)21-19(24)23-10-5-6-14-12-22(2)11-9-16(14)23/h4,7-8,13-14,16H,5-6,9-12H2,1-3H3,(H,21,24)/t13-,14-,16+/m0/s1. The summed E-state index contributed by atoms with van der Waals surface area (Å²) in [5.74, 6) is 0.642. The zero-order chi connectivity index (χ0) is 18.0. The Bertz CT molecular complexity index is 625. The number of nitrogens with zero attached hydrogens (tertiary/aromatic N) is 2. The van der Waals surface area contributed by atoms with Crippen LogP contribution in [-0.4, -0.2) is 55.7 Å². The summed E-state index contributed by atoms with van der Waals surface area (Å²) in [7, 11) is 3.66. The number of amides is 2. The van der Waals surface area contributed by atoms with Gasteiger partial charge in [-0.25, -0.2) is 9.18 Å². The van der Waals surface area contributed by atoms with Crippen LogP contribution in [0.2, 0.25) is 0 Å². The number of nitrogens with one attached hydrogen (secondary N) is 1. The number of benzene rings is 1. The van der Waals surface area contributed by atoms with Crippen LogP contribution >= 0.6 is 0 Å². The maximum Gasteiger partial charge on any atom is 0.318 e. The van der Waals surface area contributed by atoms with Gasteiger partial charge >= 0.3 is 6.03 Å². The highest BCUT2D eigenvalue weighted by molar-refractivity contribution is 5.75. The molecule has 0 radical (unpaired) electrons. The van der Waals surface area contributed by atoms with Crippen LogP contribution in [0, 0.1) is 11.7 Å². The van der Waals surface area contributed by atoms with Crippen molar-refractivity contribution >= 4 is 6.03 Å². The minimum Gasteiger partial charge on any atom is -0.496 e. The van der Waals surface area contributed by atoms with Crippen molar-refractivity contribution in [2.75, 3.05) is 33.8 Å². The van der Waals surface area contributed by atoms with E-state index in [9.17, 15) is 9.18 Å². The van der Waals surface area contributed by atoms with Gasteiger partial charge in [0.1, 0.15) is 11.6 Å². The van der Waals surface area contributed by atoms with Crippen LogP contribution in [0.4, 0.5) is 9.18 Å². The highest BCUT2D eigenvalue weighted by Crippen LogP contribution is 2.31. The molecule has 1 N–H and O–H groups in total. The number of rotatable bonds is 3. The van der Waals surface area contributed by atoms with Crippen molar-refractivity contribution in [1.82, 2.24) is 15.1 Å². The second-order valence-corrected chi connectivity index (χ2v) is 7.24. The molecule has 2 aliphatic heterocycles. The number of halogens is 1. The zero-order valence-electron chi connectivity index (χ0n) is 15.3. The third-order valence-electron chi connectivity index (χ3n) is 5.54. The Morgan fingerprint density at radius 1 is 1.36 bits per heavy atom. The summed E-state index contributed by atoms with van der Waals surface area (Å²) in [6, 6.07) is 4.47. The maximum absolute atomic E-state index is 14.2. The first-order chi connectivity index (χ1) is 12.0. The molecule has 2 saturated heterocycles. The van der Waals surface area contributed by atoms with Gasteiger partial charge in [-0.2, -0.15) is 0 Å². The third-order valence-corrected chi connectivity index (χ3v) is 5.54. The first-order valence-electron chi connectivity index (χ1n) is 9.09. The molecule has 2 heterocycles. The number of urea groups is 1. The Balaban J connectivity index is 1.71. The minimum absolute atomic E-state index is 0.0999. The molecule has 1 aromatic rings. The zero-order valence-corrected chi connectivity index (χ0v) is 15.3. The summed E-state index contributed by atoms with van der Waals surface area (Å²) >= 11 is 0. The van der Waals surface area contributed by atoms with E-state index < -0.39 is 6.04 Å².